The van der Waals surface area contributed by atoms with Crippen molar-refractivity contribution in [2.24, 2.45) is 7.05 Å². The lowest BCUT2D eigenvalue weighted by atomic mass is 10.0. The fourth-order valence-corrected chi connectivity index (χ4v) is 3.12. The van der Waals surface area contributed by atoms with Crippen LogP contribution in [0.4, 0.5) is 0 Å². The fourth-order valence-electron chi connectivity index (χ4n) is 3.12. The van der Waals surface area contributed by atoms with E-state index in [4.69, 9.17) is 0 Å². The number of imidazole rings is 1. The van der Waals surface area contributed by atoms with Gasteiger partial charge >= 0.3 is 0 Å². The molecule has 1 aromatic rings. The van der Waals surface area contributed by atoms with Crippen LogP contribution in [0.2, 0.25) is 0 Å². The average molecular weight is 327 g/mol. The summed E-state index contributed by atoms with van der Waals surface area (Å²) in [6, 6.07) is 0. The molecule has 0 aliphatic heterocycles. The predicted octanol–water partition coefficient (Wildman–Crippen LogP) is 2.80. The van der Waals surface area contributed by atoms with Crippen LogP contribution in [-0.4, -0.2) is 4.57 Å². The second-order valence-corrected chi connectivity index (χ2v) is 6.91. The van der Waals surface area contributed by atoms with Crippen molar-refractivity contribution >= 4 is 0 Å². The Bertz CT molecular complexity index is 349. The van der Waals surface area contributed by atoms with E-state index >= 15 is 0 Å². The molecular weight excluding hydrogens is 287 g/mol. The molecule has 23 heavy (non-hydrogen) atoms. The molecule has 0 aromatic carbocycles. The highest BCUT2D eigenvalue weighted by Crippen LogP contribution is 2.12. The van der Waals surface area contributed by atoms with Gasteiger partial charge in [-0.3, -0.25) is 0 Å². The largest absolute Gasteiger partial charge is 1.00 e. The van der Waals surface area contributed by atoms with Crippen LogP contribution in [0, 0.1) is 0 Å². The van der Waals surface area contributed by atoms with Crippen molar-refractivity contribution in [2.75, 3.05) is 0 Å². The Hall–Kier alpha value is -0.860. The van der Waals surface area contributed by atoms with Crippen molar-refractivity contribution in [3.63, 3.8) is 0 Å². The molecule has 1 aromatic heterocycles. The smallest absolute Gasteiger partial charge is 0.243 e. The van der Waals surface area contributed by atoms with Gasteiger partial charge in [-0.2, -0.15) is 0 Å². The zero-order valence-electron chi connectivity index (χ0n) is 15.6. The highest BCUT2D eigenvalue weighted by molar-refractivity contribution is 4.61. The van der Waals surface area contributed by atoms with Crippen molar-refractivity contribution < 1.29 is 9.27 Å². The summed E-state index contributed by atoms with van der Waals surface area (Å²) in [7, 11) is 2.09. The van der Waals surface area contributed by atoms with Crippen molar-refractivity contribution in [1.29, 1.82) is 0 Å². The summed E-state index contributed by atoms with van der Waals surface area (Å²) in [6.07, 6.45) is 26.5. The lowest BCUT2D eigenvalue weighted by molar-refractivity contribution is -0.696. The number of aryl methyl sites for hydroxylation is 2. The van der Waals surface area contributed by atoms with Crippen LogP contribution in [0.3, 0.4) is 0 Å². The quantitative estimate of drug-likeness (QED) is 0.346. The number of rotatable bonds is 15. The molecule has 0 saturated carbocycles. The summed E-state index contributed by atoms with van der Waals surface area (Å²) >= 11 is 0. The molecule has 0 saturated heterocycles. The number of hydrogen-bond donors (Lipinski definition) is 0. The Kier molecular flexibility index (Phi) is 15.4. The van der Waals surface area contributed by atoms with E-state index in [9.17, 15) is 0 Å². The molecule has 1 rings (SSSR count). The molecule has 0 atom stereocenters. The van der Waals surface area contributed by atoms with E-state index in [0.29, 0.717) is 0 Å². The third-order valence-corrected chi connectivity index (χ3v) is 4.59. The molecule has 0 aliphatic rings. The molecule has 0 fully saturated rings. The third-order valence-electron chi connectivity index (χ3n) is 4.59. The van der Waals surface area contributed by atoms with E-state index in [1.807, 2.05) is 0 Å². The van der Waals surface area contributed by atoms with Crippen LogP contribution < -0.4 is 9.27 Å². The number of aromatic nitrogens is 2. The number of halogens is 1. The molecule has 0 unspecified atom stereocenters. The van der Waals surface area contributed by atoms with E-state index in [0.717, 1.165) is 0 Å². The topological polar surface area (TPSA) is 8.81 Å². The first kappa shape index (κ1) is 22.1. The Morgan fingerprint density at radius 1 is 0.696 bits per heavy atom. The van der Waals surface area contributed by atoms with E-state index in [-0.39, 0.29) is 4.70 Å². The molecule has 2 nitrogen and oxygen atoms in total. The summed E-state index contributed by atoms with van der Waals surface area (Å²) in [5, 5.41) is 0. The fraction of sp³-hybridized carbons (Fsp3) is 0.850. The van der Waals surface area contributed by atoms with Crippen LogP contribution in [-0.2, 0) is 13.6 Å². The summed E-state index contributed by atoms with van der Waals surface area (Å²) < 4.78 is 4.41. The van der Waals surface area contributed by atoms with Crippen LogP contribution in [0.1, 0.15) is 96.8 Å². The van der Waals surface area contributed by atoms with Crippen LogP contribution in [0.5, 0.6) is 0 Å². The molecule has 0 bridgehead atoms. The lowest BCUT2D eigenvalue weighted by Crippen LogP contribution is -3.00. The summed E-state index contributed by atoms with van der Waals surface area (Å²) in [6.45, 7) is 3.47. The normalized spacial score (nSPS) is 10.7. The first-order valence-electron chi connectivity index (χ1n) is 9.84. The maximum atomic E-state index is 2.29. The molecular formula is C20H39FN2. The number of unbranched alkanes of at least 4 members (excludes halogenated alkanes) is 13. The standard InChI is InChI=1S/C20H39N2.FH/c1-3-4-5-6-7-8-9-10-11-12-13-14-15-16-17-22-19-18-21(2)20-22;/h18-20H,3-17H2,1-2H3;1H/q+1;/p-1. The van der Waals surface area contributed by atoms with Gasteiger partial charge in [0, 0.05) is 0 Å². The second kappa shape index (κ2) is 16.0. The van der Waals surface area contributed by atoms with Crippen molar-refractivity contribution in [3.8, 4) is 0 Å². The maximum absolute atomic E-state index is 2.29. The van der Waals surface area contributed by atoms with Gasteiger partial charge in [-0.1, -0.05) is 84.0 Å². The minimum absolute atomic E-state index is 0. The molecule has 136 valence electrons. The zero-order valence-corrected chi connectivity index (χ0v) is 15.6. The van der Waals surface area contributed by atoms with Crippen LogP contribution in [0.15, 0.2) is 18.7 Å². The summed E-state index contributed by atoms with van der Waals surface area (Å²) in [4.78, 5) is 0. The van der Waals surface area contributed by atoms with E-state index in [1.165, 1.54) is 96.4 Å². The Labute approximate surface area is 143 Å². The minimum atomic E-state index is 0. The molecule has 1 heterocycles. The first-order chi connectivity index (χ1) is 10.8. The maximum Gasteiger partial charge on any atom is 0.243 e. The SMILES string of the molecule is CCCCCCCCCCCCCCCC[n+]1ccn(C)c1.[F-]. The van der Waals surface area contributed by atoms with Gasteiger partial charge < -0.3 is 4.70 Å². The van der Waals surface area contributed by atoms with E-state index in [1.54, 1.807) is 0 Å². The predicted molar refractivity (Wildman–Crippen MR) is 95.9 cm³/mol. The lowest BCUT2D eigenvalue weighted by Gasteiger charge is -2.03. The van der Waals surface area contributed by atoms with Gasteiger partial charge in [0.15, 0.2) is 0 Å². The van der Waals surface area contributed by atoms with Crippen molar-refractivity contribution in [3.05, 3.63) is 18.7 Å². The highest BCUT2D eigenvalue weighted by Gasteiger charge is 1.99. The molecule has 0 radical (unpaired) electrons. The Morgan fingerprint density at radius 2 is 1.13 bits per heavy atom. The van der Waals surface area contributed by atoms with Gasteiger partial charge in [0.05, 0.1) is 13.6 Å². The Balaban J connectivity index is 0.00000484. The van der Waals surface area contributed by atoms with E-state index < -0.39 is 0 Å². The Morgan fingerprint density at radius 3 is 1.52 bits per heavy atom. The van der Waals surface area contributed by atoms with Gasteiger partial charge in [0.1, 0.15) is 12.4 Å². The van der Waals surface area contributed by atoms with Crippen molar-refractivity contribution in [1.82, 2.24) is 4.57 Å². The first-order valence-corrected chi connectivity index (χ1v) is 9.84. The van der Waals surface area contributed by atoms with Gasteiger partial charge in [-0.05, 0) is 12.8 Å². The molecule has 0 N–H and O–H groups in total. The van der Waals surface area contributed by atoms with Gasteiger partial charge in [0.25, 0.3) is 0 Å². The number of nitrogens with zero attached hydrogens (tertiary/aromatic N) is 2. The van der Waals surface area contributed by atoms with Crippen molar-refractivity contribution in [2.45, 2.75) is 103 Å². The monoisotopic (exact) mass is 326 g/mol. The average Bonchev–Trinajstić information content (AvgIpc) is 2.93. The van der Waals surface area contributed by atoms with Gasteiger partial charge in [-0.15, -0.1) is 0 Å². The molecule has 0 spiro atoms. The molecule has 0 amide bonds. The molecule has 3 heteroatoms. The third kappa shape index (κ3) is 13.3. The zero-order chi connectivity index (χ0) is 15.9. The van der Waals surface area contributed by atoms with Gasteiger partial charge in [-0.25, -0.2) is 9.13 Å². The summed E-state index contributed by atoms with van der Waals surface area (Å²) in [5.74, 6) is 0. The highest BCUT2D eigenvalue weighted by atomic mass is 19.0. The molecule has 0 aliphatic carbocycles. The minimum Gasteiger partial charge on any atom is -1.00 e. The summed E-state index contributed by atoms with van der Waals surface area (Å²) in [5.41, 5.74) is 0. The van der Waals surface area contributed by atoms with E-state index in [2.05, 4.69) is 41.8 Å². The number of hydrogen-bond acceptors (Lipinski definition) is 0. The van der Waals surface area contributed by atoms with Crippen LogP contribution >= 0.6 is 0 Å². The second-order valence-electron chi connectivity index (χ2n) is 6.91. The van der Waals surface area contributed by atoms with Gasteiger partial charge in [0.2, 0.25) is 6.33 Å². The van der Waals surface area contributed by atoms with Crippen LogP contribution in [0.25, 0.3) is 0 Å².